The number of halogens is 2. The van der Waals surface area contributed by atoms with Gasteiger partial charge in [-0.25, -0.2) is 14.2 Å². The number of carbonyl (C=O) groups excluding carboxylic acids is 2. The topological polar surface area (TPSA) is 141 Å². The molecule has 3 amide bonds. The fourth-order valence-corrected chi connectivity index (χ4v) is 5.69. The van der Waals surface area contributed by atoms with Crippen LogP contribution in [0.2, 0.25) is 4.34 Å². The molecule has 0 unspecified atom stereocenters. The fraction of sp³-hybridized carbons (Fsp3) is 0.150. The summed E-state index contributed by atoms with van der Waals surface area (Å²) in [6.07, 6.45) is 1.37. The van der Waals surface area contributed by atoms with Gasteiger partial charge in [0.25, 0.3) is 5.91 Å². The van der Waals surface area contributed by atoms with E-state index in [9.17, 15) is 14.0 Å². The van der Waals surface area contributed by atoms with Crippen molar-refractivity contribution in [2.75, 3.05) is 29.3 Å². The fourth-order valence-electron chi connectivity index (χ4n) is 3.18. The molecule has 0 spiro atoms. The molecule has 1 aromatic carbocycles. The monoisotopic (exact) mass is 529 g/mol. The Kier molecular flexibility index (Phi) is 6.55. The molecule has 14 heteroatoms. The van der Waals surface area contributed by atoms with E-state index < -0.39 is 28.5 Å². The van der Waals surface area contributed by atoms with Crippen molar-refractivity contribution in [1.82, 2.24) is 9.71 Å². The van der Waals surface area contributed by atoms with Crippen LogP contribution in [0.25, 0.3) is 0 Å². The van der Waals surface area contributed by atoms with E-state index in [0.29, 0.717) is 19.8 Å². The van der Waals surface area contributed by atoms with Gasteiger partial charge in [0, 0.05) is 13.1 Å². The van der Waals surface area contributed by atoms with Crippen LogP contribution >= 0.6 is 33.7 Å². The van der Waals surface area contributed by atoms with Gasteiger partial charge in [-0.2, -0.15) is 4.72 Å². The number of aromatic nitrogens is 1. The average Bonchev–Trinajstić information content (AvgIpc) is 3.22. The number of anilines is 3. The third kappa shape index (κ3) is 4.74. The minimum absolute atomic E-state index is 0.0841. The Bertz CT molecular complexity index is 1290. The summed E-state index contributed by atoms with van der Waals surface area (Å²) in [6.45, 7) is 1.58. The lowest BCUT2D eigenvalue weighted by atomic mass is 10.1. The lowest BCUT2D eigenvalue weighted by molar-refractivity contribution is 0.0936. The number of ether oxygens (including phenoxy) is 1. The number of aryl methyl sites for hydroxylation is 1. The number of nitrogens with one attached hydrogen (secondary N) is 3. The van der Waals surface area contributed by atoms with Crippen LogP contribution in [0.1, 0.15) is 15.9 Å². The number of urea groups is 1. The number of amides is 3. The first-order chi connectivity index (χ1) is 16.1. The summed E-state index contributed by atoms with van der Waals surface area (Å²) in [5, 5.41) is 5.22. The SMILES string of the molecule is CNc1cc2c(cc1F)C(=O)N(c1cnc(NC(=O)NS([OH2+])([OH2+])c3ccc(Cl)s3)c(C)c1)CO2. The molecule has 0 radical (unpaired) electrons. The summed E-state index contributed by atoms with van der Waals surface area (Å²) >= 11 is 6.92. The third-order valence-electron chi connectivity index (χ3n) is 4.87. The van der Waals surface area contributed by atoms with E-state index in [2.05, 4.69) is 20.3 Å². The molecule has 0 bridgehead atoms. The predicted octanol–water partition coefficient (Wildman–Crippen LogP) is 3.46. The summed E-state index contributed by atoms with van der Waals surface area (Å²) in [5.41, 5.74) is 1.23. The molecule has 0 atom stereocenters. The molecule has 34 heavy (non-hydrogen) atoms. The molecule has 3 aromatic rings. The number of fused-ring (bicyclic) bond motifs is 1. The zero-order chi connectivity index (χ0) is 24.6. The summed E-state index contributed by atoms with van der Waals surface area (Å²) < 4.78 is 39.2. The number of carbonyl (C=O) groups is 2. The summed E-state index contributed by atoms with van der Waals surface area (Å²) in [7, 11) is -1.53. The van der Waals surface area contributed by atoms with Crippen molar-refractivity contribution in [3.05, 3.63) is 57.8 Å². The number of hydrogen-bond donors (Lipinski definition) is 3. The van der Waals surface area contributed by atoms with Gasteiger partial charge in [-0.3, -0.25) is 24.1 Å². The molecule has 0 aliphatic carbocycles. The molecule has 0 fully saturated rings. The Labute approximate surface area is 204 Å². The highest BCUT2D eigenvalue weighted by molar-refractivity contribution is 8.24. The Hall–Kier alpha value is -3.10. The lowest BCUT2D eigenvalue weighted by Gasteiger charge is -2.29. The zero-order valence-corrected chi connectivity index (χ0v) is 20.3. The van der Waals surface area contributed by atoms with Crippen LogP contribution in [0.15, 0.2) is 40.7 Å². The maximum absolute atomic E-state index is 14.2. The highest BCUT2D eigenvalue weighted by Gasteiger charge is 2.31. The molecule has 2 aromatic heterocycles. The molecule has 1 aliphatic heterocycles. The first-order valence-electron chi connectivity index (χ1n) is 9.68. The van der Waals surface area contributed by atoms with Crippen LogP contribution in [0.5, 0.6) is 5.75 Å². The normalized spacial score (nSPS) is 13.7. The van der Waals surface area contributed by atoms with Gasteiger partial charge in [-0.05, 0) is 36.8 Å². The molecular formula is C20H21ClFN5O5S2+2. The van der Waals surface area contributed by atoms with Crippen molar-refractivity contribution >= 4 is 62.8 Å². The lowest BCUT2D eigenvalue weighted by Crippen LogP contribution is -2.39. The molecule has 3 heterocycles. The van der Waals surface area contributed by atoms with Crippen molar-refractivity contribution in [2.24, 2.45) is 0 Å². The van der Waals surface area contributed by atoms with E-state index in [0.717, 1.165) is 17.4 Å². The molecule has 180 valence electrons. The third-order valence-corrected chi connectivity index (χ3v) is 8.12. The van der Waals surface area contributed by atoms with Crippen molar-refractivity contribution < 1.29 is 27.8 Å². The number of benzene rings is 1. The highest BCUT2D eigenvalue weighted by atomic mass is 35.5. The van der Waals surface area contributed by atoms with Crippen molar-refractivity contribution in [3.8, 4) is 5.75 Å². The van der Waals surface area contributed by atoms with Crippen LogP contribution in [0.4, 0.5) is 26.4 Å². The average molecular weight is 530 g/mol. The van der Waals surface area contributed by atoms with Gasteiger partial charge in [0.1, 0.15) is 28.2 Å². The summed E-state index contributed by atoms with van der Waals surface area (Å²) in [5.74, 6) is -0.563. The summed E-state index contributed by atoms with van der Waals surface area (Å²) in [6, 6.07) is 6.49. The predicted molar refractivity (Wildman–Crippen MR) is 132 cm³/mol. The highest BCUT2D eigenvalue weighted by Crippen LogP contribution is 2.48. The quantitative estimate of drug-likeness (QED) is 0.434. The van der Waals surface area contributed by atoms with E-state index in [1.807, 2.05) is 0 Å². The standard InChI is InChI=1S/C20H19ClFN5O5S2/c1-10-5-11(27-9-32-15-7-14(23-2)13(22)6-12(15)19(27)28)8-24-18(10)25-20(29)26-34(30,31)17-4-3-16(21)33-17/h3-8,23,30-31H,9H2,1-2H3,(H2,24,25,26,29)/p+2. The number of thiophene rings is 1. The molecular weight excluding hydrogens is 509 g/mol. The molecule has 0 saturated heterocycles. The number of rotatable bonds is 5. The minimum Gasteiger partial charge on any atom is -0.472 e. The Morgan fingerprint density at radius 2 is 2.09 bits per heavy atom. The summed E-state index contributed by atoms with van der Waals surface area (Å²) in [4.78, 5) is 30.8. The van der Waals surface area contributed by atoms with Gasteiger partial charge in [0.05, 0.1) is 27.5 Å². The van der Waals surface area contributed by atoms with Gasteiger partial charge in [0.15, 0.2) is 6.73 Å². The number of nitrogens with zero attached hydrogens (tertiary/aromatic N) is 2. The van der Waals surface area contributed by atoms with Crippen LogP contribution in [-0.2, 0) is 0 Å². The van der Waals surface area contributed by atoms with Crippen molar-refractivity contribution in [2.45, 2.75) is 11.1 Å². The van der Waals surface area contributed by atoms with E-state index in [1.54, 1.807) is 26.1 Å². The van der Waals surface area contributed by atoms with E-state index >= 15 is 0 Å². The second kappa shape index (κ2) is 9.27. The van der Waals surface area contributed by atoms with E-state index in [-0.39, 0.29) is 29.5 Å². The second-order valence-corrected chi connectivity index (χ2v) is 11.0. The Morgan fingerprint density at radius 3 is 2.74 bits per heavy atom. The number of pyridine rings is 1. The molecule has 1 aliphatic rings. The van der Waals surface area contributed by atoms with Crippen LogP contribution in [-0.4, -0.2) is 39.8 Å². The second-order valence-electron chi connectivity index (χ2n) is 7.17. The van der Waals surface area contributed by atoms with Crippen LogP contribution < -0.4 is 25.0 Å². The first-order valence-corrected chi connectivity index (χ1v) is 12.5. The van der Waals surface area contributed by atoms with Gasteiger partial charge >= 0.3 is 6.03 Å². The first kappa shape index (κ1) is 24.0. The zero-order valence-electron chi connectivity index (χ0n) is 17.9. The smallest absolute Gasteiger partial charge is 0.345 e. The van der Waals surface area contributed by atoms with Gasteiger partial charge in [0.2, 0.25) is 4.21 Å². The van der Waals surface area contributed by atoms with Crippen LogP contribution in [0.3, 0.4) is 0 Å². The van der Waals surface area contributed by atoms with Gasteiger partial charge in [-0.1, -0.05) is 22.9 Å². The minimum atomic E-state index is -3.10. The van der Waals surface area contributed by atoms with Crippen molar-refractivity contribution in [1.29, 1.82) is 0 Å². The Balaban J connectivity index is 1.48. The molecule has 7 N–H and O–H groups in total. The van der Waals surface area contributed by atoms with E-state index in [1.165, 1.54) is 23.2 Å². The van der Waals surface area contributed by atoms with E-state index in [4.69, 9.17) is 25.4 Å². The molecule has 10 nitrogen and oxygen atoms in total. The maximum Gasteiger partial charge on any atom is 0.345 e. The van der Waals surface area contributed by atoms with Gasteiger partial charge < -0.3 is 10.1 Å². The van der Waals surface area contributed by atoms with Crippen molar-refractivity contribution in [3.63, 3.8) is 0 Å². The largest absolute Gasteiger partial charge is 0.472 e. The number of hydrogen-bond acceptors (Lipinski definition) is 6. The maximum atomic E-state index is 14.2. The molecule has 4 rings (SSSR count). The Morgan fingerprint density at radius 1 is 1.32 bits per heavy atom. The van der Waals surface area contributed by atoms with Gasteiger partial charge in [-0.15, -0.1) is 0 Å². The molecule has 0 saturated carbocycles. The van der Waals surface area contributed by atoms with Crippen LogP contribution in [0, 0.1) is 12.7 Å².